The van der Waals surface area contributed by atoms with E-state index in [4.69, 9.17) is 4.74 Å². The van der Waals surface area contributed by atoms with Crippen LogP contribution in [0.15, 0.2) is 0 Å². The van der Waals surface area contributed by atoms with Crippen molar-refractivity contribution < 1.29 is 19.1 Å². The Bertz CT molecular complexity index is 366. The Morgan fingerprint density at radius 3 is 2.68 bits per heavy atom. The highest BCUT2D eigenvalue weighted by Gasteiger charge is 2.38. The second-order valence-electron chi connectivity index (χ2n) is 5.08. The second kappa shape index (κ2) is 6.65. The summed E-state index contributed by atoms with van der Waals surface area (Å²) >= 11 is 0. The largest absolute Gasteiger partial charge is 0.466 e. The van der Waals surface area contributed by atoms with Crippen molar-refractivity contribution in [3.63, 3.8) is 0 Å². The number of Topliss-reactive ketones (excluding diaryl/α,β-unsaturated/α-hetero) is 1. The SMILES string of the molecule is CCOC(=O)CCC(=O)CN1CCNC(=O)C1(C)C. The minimum Gasteiger partial charge on any atom is -0.466 e. The Hall–Kier alpha value is -1.43. The number of hydrogen-bond donors (Lipinski definition) is 1. The molecule has 1 heterocycles. The molecule has 6 heteroatoms. The molecule has 1 fully saturated rings. The van der Waals surface area contributed by atoms with Crippen LogP contribution in [0.1, 0.15) is 33.6 Å². The van der Waals surface area contributed by atoms with Gasteiger partial charge in [0.1, 0.15) is 5.78 Å². The van der Waals surface area contributed by atoms with Gasteiger partial charge in [0.15, 0.2) is 0 Å². The van der Waals surface area contributed by atoms with Crippen molar-refractivity contribution in [1.29, 1.82) is 0 Å². The van der Waals surface area contributed by atoms with Gasteiger partial charge in [-0.05, 0) is 20.8 Å². The summed E-state index contributed by atoms with van der Waals surface area (Å²) in [7, 11) is 0. The molecule has 0 saturated carbocycles. The van der Waals surface area contributed by atoms with Crippen LogP contribution in [0.25, 0.3) is 0 Å². The zero-order chi connectivity index (χ0) is 14.5. The number of nitrogens with one attached hydrogen (secondary N) is 1. The second-order valence-corrected chi connectivity index (χ2v) is 5.08. The number of ether oxygens (including phenoxy) is 1. The van der Waals surface area contributed by atoms with Gasteiger partial charge >= 0.3 is 5.97 Å². The minimum atomic E-state index is -0.683. The molecule has 0 radical (unpaired) electrons. The van der Waals surface area contributed by atoms with E-state index in [0.717, 1.165) is 0 Å². The van der Waals surface area contributed by atoms with E-state index in [1.54, 1.807) is 20.8 Å². The van der Waals surface area contributed by atoms with Crippen LogP contribution >= 0.6 is 0 Å². The van der Waals surface area contributed by atoms with E-state index in [-0.39, 0.29) is 37.0 Å². The molecule has 0 aromatic heterocycles. The van der Waals surface area contributed by atoms with Gasteiger partial charge in [0.2, 0.25) is 5.91 Å². The lowest BCUT2D eigenvalue weighted by atomic mass is 9.98. The Morgan fingerprint density at radius 2 is 2.05 bits per heavy atom. The monoisotopic (exact) mass is 270 g/mol. The number of ketones is 1. The van der Waals surface area contributed by atoms with E-state index < -0.39 is 5.54 Å². The number of esters is 1. The van der Waals surface area contributed by atoms with Crippen LogP contribution in [0, 0.1) is 0 Å². The number of carbonyl (C=O) groups is 3. The van der Waals surface area contributed by atoms with Gasteiger partial charge in [-0.3, -0.25) is 19.3 Å². The number of hydrogen-bond acceptors (Lipinski definition) is 5. The van der Waals surface area contributed by atoms with Gasteiger partial charge in [-0.15, -0.1) is 0 Å². The predicted molar refractivity (Wildman–Crippen MR) is 69.5 cm³/mol. The summed E-state index contributed by atoms with van der Waals surface area (Å²) in [6.45, 7) is 7.03. The summed E-state index contributed by atoms with van der Waals surface area (Å²) < 4.78 is 4.77. The molecule has 0 aromatic carbocycles. The first kappa shape index (κ1) is 15.6. The average molecular weight is 270 g/mol. The summed E-state index contributed by atoms with van der Waals surface area (Å²) in [5.74, 6) is -0.473. The summed E-state index contributed by atoms with van der Waals surface area (Å²) in [6, 6.07) is 0. The number of rotatable bonds is 6. The van der Waals surface area contributed by atoms with Gasteiger partial charge < -0.3 is 10.1 Å². The molecule has 1 aliphatic heterocycles. The molecule has 108 valence electrons. The minimum absolute atomic E-state index is 0.0455. The maximum absolute atomic E-state index is 11.8. The van der Waals surface area contributed by atoms with Crippen LogP contribution < -0.4 is 5.32 Å². The molecule has 0 spiro atoms. The Morgan fingerprint density at radius 1 is 1.37 bits per heavy atom. The highest BCUT2D eigenvalue weighted by Crippen LogP contribution is 2.17. The third kappa shape index (κ3) is 4.31. The number of carbonyl (C=O) groups excluding carboxylic acids is 3. The molecule has 0 bridgehead atoms. The molecular weight excluding hydrogens is 248 g/mol. The molecule has 19 heavy (non-hydrogen) atoms. The van der Waals surface area contributed by atoms with Gasteiger partial charge in [-0.1, -0.05) is 0 Å². The zero-order valence-electron chi connectivity index (χ0n) is 11.8. The Labute approximate surface area is 113 Å². The molecule has 0 aromatic rings. The van der Waals surface area contributed by atoms with Crippen molar-refractivity contribution >= 4 is 17.7 Å². The number of nitrogens with zero attached hydrogens (tertiary/aromatic N) is 1. The summed E-state index contributed by atoms with van der Waals surface area (Å²) in [5, 5.41) is 2.78. The molecule has 1 rings (SSSR count). The van der Waals surface area contributed by atoms with Gasteiger partial charge in [0, 0.05) is 19.5 Å². The van der Waals surface area contributed by atoms with Crippen molar-refractivity contribution in [2.45, 2.75) is 39.2 Å². The summed E-state index contributed by atoms with van der Waals surface area (Å²) in [6.07, 6.45) is 0.264. The first-order valence-electron chi connectivity index (χ1n) is 6.58. The highest BCUT2D eigenvalue weighted by molar-refractivity contribution is 5.88. The molecule has 1 amide bonds. The lowest BCUT2D eigenvalue weighted by Gasteiger charge is -2.40. The van der Waals surface area contributed by atoms with Crippen LogP contribution in [0.5, 0.6) is 0 Å². The molecule has 0 atom stereocenters. The smallest absolute Gasteiger partial charge is 0.306 e. The summed E-state index contributed by atoms with van der Waals surface area (Å²) in [4.78, 5) is 36.6. The fourth-order valence-corrected chi connectivity index (χ4v) is 1.99. The fraction of sp³-hybridized carbons (Fsp3) is 0.769. The van der Waals surface area contributed by atoms with Gasteiger partial charge in [0.05, 0.1) is 25.1 Å². The molecular formula is C13H22N2O4. The van der Waals surface area contributed by atoms with Crippen molar-refractivity contribution in [2.24, 2.45) is 0 Å². The normalized spacial score (nSPS) is 18.8. The topological polar surface area (TPSA) is 75.7 Å². The molecule has 6 nitrogen and oxygen atoms in total. The van der Waals surface area contributed by atoms with E-state index in [1.165, 1.54) is 0 Å². The van der Waals surface area contributed by atoms with Crippen LogP contribution in [-0.4, -0.2) is 54.3 Å². The molecule has 0 unspecified atom stereocenters. The van der Waals surface area contributed by atoms with Crippen molar-refractivity contribution in [2.75, 3.05) is 26.2 Å². The third-order valence-corrected chi connectivity index (χ3v) is 3.29. The quantitative estimate of drug-likeness (QED) is 0.693. The lowest BCUT2D eigenvalue weighted by Crippen LogP contribution is -2.62. The molecule has 1 aliphatic rings. The number of piperazine rings is 1. The van der Waals surface area contributed by atoms with Gasteiger partial charge in [-0.25, -0.2) is 0 Å². The summed E-state index contributed by atoms with van der Waals surface area (Å²) in [5.41, 5.74) is -0.683. The van der Waals surface area contributed by atoms with Crippen molar-refractivity contribution in [3.05, 3.63) is 0 Å². The first-order valence-corrected chi connectivity index (χ1v) is 6.58. The Balaban J connectivity index is 2.43. The standard InChI is InChI=1S/C13H22N2O4/c1-4-19-11(17)6-5-10(16)9-15-8-7-14-12(18)13(15,2)3/h4-9H2,1-3H3,(H,14,18). The highest BCUT2D eigenvalue weighted by atomic mass is 16.5. The van der Waals surface area contributed by atoms with Gasteiger partial charge in [-0.2, -0.15) is 0 Å². The van der Waals surface area contributed by atoms with E-state index in [1.807, 2.05) is 4.90 Å². The van der Waals surface area contributed by atoms with E-state index in [0.29, 0.717) is 19.7 Å². The van der Waals surface area contributed by atoms with E-state index in [2.05, 4.69) is 5.32 Å². The Kier molecular flexibility index (Phi) is 5.47. The van der Waals surface area contributed by atoms with Crippen LogP contribution in [0.2, 0.25) is 0 Å². The third-order valence-electron chi connectivity index (χ3n) is 3.29. The molecule has 0 aliphatic carbocycles. The predicted octanol–water partition coefficient (Wildman–Crippen LogP) is 0.109. The molecule has 1 saturated heterocycles. The van der Waals surface area contributed by atoms with Crippen LogP contribution in [-0.2, 0) is 19.1 Å². The van der Waals surface area contributed by atoms with Crippen molar-refractivity contribution in [1.82, 2.24) is 10.2 Å². The number of amides is 1. The van der Waals surface area contributed by atoms with Crippen LogP contribution in [0.3, 0.4) is 0 Å². The van der Waals surface area contributed by atoms with E-state index in [9.17, 15) is 14.4 Å². The fourth-order valence-electron chi connectivity index (χ4n) is 1.99. The molecule has 1 N–H and O–H groups in total. The van der Waals surface area contributed by atoms with Gasteiger partial charge in [0.25, 0.3) is 0 Å². The zero-order valence-corrected chi connectivity index (χ0v) is 11.8. The maximum atomic E-state index is 11.8. The average Bonchev–Trinajstić information content (AvgIpc) is 2.33. The maximum Gasteiger partial charge on any atom is 0.306 e. The van der Waals surface area contributed by atoms with E-state index >= 15 is 0 Å². The first-order chi connectivity index (χ1) is 8.87. The van der Waals surface area contributed by atoms with Crippen LogP contribution in [0.4, 0.5) is 0 Å². The lowest BCUT2D eigenvalue weighted by molar-refractivity contribution is -0.145. The van der Waals surface area contributed by atoms with Crippen molar-refractivity contribution in [3.8, 4) is 0 Å².